The average Bonchev–Trinajstić information content (AvgIpc) is 3.36. The highest BCUT2D eigenvalue weighted by Crippen LogP contribution is 2.22. The fraction of sp³-hybridized carbons (Fsp3) is 0.286. The summed E-state index contributed by atoms with van der Waals surface area (Å²) in [5.74, 6) is 5.41. The zero-order valence-electron chi connectivity index (χ0n) is 16.0. The van der Waals surface area contributed by atoms with Gasteiger partial charge in [0.2, 0.25) is 5.91 Å². The second-order valence-electron chi connectivity index (χ2n) is 7.10. The molecule has 30 heavy (non-hydrogen) atoms. The van der Waals surface area contributed by atoms with Crippen LogP contribution in [0.5, 0.6) is 0 Å². The van der Waals surface area contributed by atoms with Crippen molar-refractivity contribution in [2.45, 2.75) is 25.3 Å². The molecular formula is C21H19N3O4S2. The molecule has 1 unspecified atom stereocenters. The lowest BCUT2D eigenvalue weighted by Crippen LogP contribution is -2.42. The maximum atomic E-state index is 12.7. The summed E-state index contributed by atoms with van der Waals surface area (Å²) in [6.07, 6.45) is 0.699. The first kappa shape index (κ1) is 20.3. The van der Waals surface area contributed by atoms with Crippen LogP contribution in [0.1, 0.15) is 29.7 Å². The lowest BCUT2D eigenvalue weighted by Gasteiger charge is -2.27. The van der Waals surface area contributed by atoms with E-state index in [-0.39, 0.29) is 36.0 Å². The lowest BCUT2D eigenvalue weighted by atomic mass is 10.1. The van der Waals surface area contributed by atoms with Gasteiger partial charge in [-0.1, -0.05) is 24.0 Å². The molecule has 1 aromatic carbocycles. The third-order valence-corrected chi connectivity index (χ3v) is 7.38. The molecule has 4 rings (SSSR count). The molecule has 0 radical (unpaired) electrons. The van der Waals surface area contributed by atoms with Gasteiger partial charge in [-0.15, -0.1) is 11.3 Å². The molecule has 0 bridgehead atoms. The van der Waals surface area contributed by atoms with Gasteiger partial charge in [-0.05, 0) is 36.1 Å². The van der Waals surface area contributed by atoms with Gasteiger partial charge >= 0.3 is 0 Å². The molecule has 1 atom stereocenters. The van der Waals surface area contributed by atoms with Crippen LogP contribution in [0.15, 0.2) is 46.9 Å². The van der Waals surface area contributed by atoms with Gasteiger partial charge in [0, 0.05) is 24.1 Å². The van der Waals surface area contributed by atoms with Crippen LogP contribution >= 0.6 is 11.3 Å². The summed E-state index contributed by atoms with van der Waals surface area (Å²) in [5, 5.41) is 10.1. The number of hydrogen-bond donors (Lipinski definition) is 1. The Hall–Kier alpha value is -2.96. The van der Waals surface area contributed by atoms with Crippen molar-refractivity contribution in [2.75, 3.05) is 16.8 Å². The number of sulfone groups is 1. The number of nitrogens with one attached hydrogen (secondary N) is 1. The van der Waals surface area contributed by atoms with Crippen LogP contribution in [-0.4, -0.2) is 48.5 Å². The van der Waals surface area contributed by atoms with Crippen LogP contribution in [-0.2, 0) is 19.4 Å². The predicted octanol–water partition coefficient (Wildman–Crippen LogP) is 2.25. The van der Waals surface area contributed by atoms with E-state index in [1.54, 1.807) is 29.5 Å². The Morgan fingerprint density at radius 1 is 1.20 bits per heavy atom. The molecule has 0 saturated carbocycles. The number of hydrazone groups is 1. The number of rotatable bonds is 3. The SMILES string of the molecule is O=C(Nc1cccc(C#Cc2cccs2)c1)C1=NN(C2CCS(=O)(=O)C2)C(=O)CC1. The molecule has 0 aliphatic carbocycles. The summed E-state index contributed by atoms with van der Waals surface area (Å²) < 4.78 is 23.5. The number of anilines is 1. The van der Waals surface area contributed by atoms with Gasteiger partial charge in [0.25, 0.3) is 5.91 Å². The molecule has 2 aliphatic heterocycles. The average molecular weight is 442 g/mol. The topological polar surface area (TPSA) is 95.9 Å². The second kappa shape index (κ2) is 8.42. The smallest absolute Gasteiger partial charge is 0.271 e. The van der Waals surface area contributed by atoms with E-state index in [9.17, 15) is 18.0 Å². The highest BCUT2D eigenvalue weighted by molar-refractivity contribution is 7.91. The lowest BCUT2D eigenvalue weighted by molar-refractivity contribution is -0.133. The Bertz CT molecular complexity index is 1170. The van der Waals surface area contributed by atoms with Crippen LogP contribution in [0.3, 0.4) is 0 Å². The molecule has 1 aromatic heterocycles. The normalized spacial score (nSPS) is 20.3. The number of thiophene rings is 1. The third-order valence-electron chi connectivity index (χ3n) is 4.85. The largest absolute Gasteiger partial charge is 0.321 e. The van der Waals surface area contributed by atoms with E-state index in [1.165, 1.54) is 5.01 Å². The first-order chi connectivity index (χ1) is 14.4. The number of carbonyl (C=O) groups is 2. The molecule has 3 heterocycles. The minimum atomic E-state index is -3.16. The Morgan fingerprint density at radius 2 is 2.07 bits per heavy atom. The van der Waals surface area contributed by atoms with E-state index >= 15 is 0 Å². The van der Waals surface area contributed by atoms with E-state index in [1.807, 2.05) is 23.6 Å². The summed E-state index contributed by atoms with van der Waals surface area (Å²) >= 11 is 1.56. The number of benzene rings is 1. The fourth-order valence-corrected chi connectivity index (χ4v) is 5.61. The molecular weight excluding hydrogens is 422 g/mol. The van der Waals surface area contributed by atoms with Crippen LogP contribution in [0.25, 0.3) is 0 Å². The van der Waals surface area contributed by atoms with Gasteiger partial charge in [0.1, 0.15) is 5.71 Å². The fourth-order valence-electron chi connectivity index (χ4n) is 3.35. The molecule has 2 aromatic rings. The van der Waals surface area contributed by atoms with Crippen molar-refractivity contribution < 1.29 is 18.0 Å². The van der Waals surface area contributed by atoms with Gasteiger partial charge in [-0.3, -0.25) is 9.59 Å². The molecule has 1 saturated heterocycles. The van der Waals surface area contributed by atoms with E-state index in [2.05, 4.69) is 22.3 Å². The molecule has 7 nitrogen and oxygen atoms in total. The minimum absolute atomic E-state index is 0.0395. The van der Waals surface area contributed by atoms with Crippen molar-refractivity contribution in [3.05, 3.63) is 52.2 Å². The highest BCUT2D eigenvalue weighted by Gasteiger charge is 2.37. The van der Waals surface area contributed by atoms with Crippen LogP contribution < -0.4 is 5.32 Å². The summed E-state index contributed by atoms with van der Waals surface area (Å²) in [6.45, 7) is 0. The molecule has 0 spiro atoms. The van der Waals surface area contributed by atoms with E-state index < -0.39 is 21.8 Å². The number of carbonyl (C=O) groups excluding carboxylic acids is 2. The summed E-state index contributed by atoms with van der Waals surface area (Å²) in [6, 6.07) is 10.6. The molecule has 9 heteroatoms. The molecule has 154 valence electrons. The zero-order valence-corrected chi connectivity index (χ0v) is 17.6. The Balaban J connectivity index is 1.47. The maximum Gasteiger partial charge on any atom is 0.271 e. The third kappa shape index (κ3) is 4.78. The molecule has 2 amide bonds. The van der Waals surface area contributed by atoms with Crippen molar-refractivity contribution in [2.24, 2.45) is 5.10 Å². The van der Waals surface area contributed by atoms with Crippen LogP contribution in [0, 0.1) is 11.8 Å². The maximum absolute atomic E-state index is 12.7. The van der Waals surface area contributed by atoms with Gasteiger partial charge in [-0.2, -0.15) is 5.10 Å². The zero-order chi connectivity index (χ0) is 21.1. The van der Waals surface area contributed by atoms with Crippen molar-refractivity contribution in [3.8, 4) is 11.8 Å². The van der Waals surface area contributed by atoms with Gasteiger partial charge in [0.05, 0.1) is 22.4 Å². The van der Waals surface area contributed by atoms with Crippen molar-refractivity contribution in [1.82, 2.24) is 5.01 Å². The Labute approximate surface area is 178 Å². The summed E-state index contributed by atoms with van der Waals surface area (Å²) in [7, 11) is -3.16. The van der Waals surface area contributed by atoms with E-state index in [4.69, 9.17) is 0 Å². The second-order valence-corrected chi connectivity index (χ2v) is 10.3. The number of hydrogen-bond acceptors (Lipinski definition) is 6. The van der Waals surface area contributed by atoms with Crippen LogP contribution in [0.2, 0.25) is 0 Å². The summed E-state index contributed by atoms with van der Waals surface area (Å²) in [4.78, 5) is 25.9. The molecule has 1 fully saturated rings. The van der Waals surface area contributed by atoms with Gasteiger partial charge in [-0.25, -0.2) is 13.4 Å². The predicted molar refractivity (Wildman–Crippen MR) is 116 cm³/mol. The number of amides is 2. The van der Waals surface area contributed by atoms with Crippen LogP contribution in [0.4, 0.5) is 5.69 Å². The quantitative estimate of drug-likeness (QED) is 0.739. The Kier molecular flexibility index (Phi) is 5.70. The molecule has 2 aliphatic rings. The first-order valence-corrected chi connectivity index (χ1v) is 12.2. The van der Waals surface area contributed by atoms with E-state index in [0.29, 0.717) is 12.1 Å². The van der Waals surface area contributed by atoms with Gasteiger partial charge < -0.3 is 5.32 Å². The highest BCUT2D eigenvalue weighted by atomic mass is 32.2. The summed E-state index contributed by atoms with van der Waals surface area (Å²) in [5.41, 5.74) is 1.56. The minimum Gasteiger partial charge on any atom is -0.321 e. The number of nitrogens with zero attached hydrogens (tertiary/aromatic N) is 2. The monoisotopic (exact) mass is 441 g/mol. The first-order valence-electron chi connectivity index (χ1n) is 9.46. The van der Waals surface area contributed by atoms with Crippen molar-refractivity contribution in [3.63, 3.8) is 0 Å². The standard InChI is InChI=1S/C21H19N3O4S2/c25-20-9-8-19(23-24(20)17-10-12-30(27,28)14-17)21(26)22-16-4-1-3-15(13-16)6-7-18-5-2-11-29-18/h1-5,11,13,17H,8-10,12,14H2,(H,22,26). The van der Waals surface area contributed by atoms with E-state index in [0.717, 1.165) is 10.4 Å². The molecule has 1 N–H and O–H groups in total. The van der Waals surface area contributed by atoms with Crippen molar-refractivity contribution >= 4 is 44.4 Å². The van der Waals surface area contributed by atoms with Crippen molar-refractivity contribution in [1.29, 1.82) is 0 Å². The Morgan fingerprint density at radius 3 is 2.80 bits per heavy atom. The van der Waals surface area contributed by atoms with Gasteiger partial charge in [0.15, 0.2) is 9.84 Å².